The molecule has 1 fully saturated rings. The summed E-state index contributed by atoms with van der Waals surface area (Å²) in [6, 6.07) is 11.8. The van der Waals surface area contributed by atoms with Gasteiger partial charge in [0.05, 0.1) is 4.92 Å². The molecule has 1 aliphatic heterocycles. The summed E-state index contributed by atoms with van der Waals surface area (Å²) in [5.41, 5.74) is -0.590. The number of non-ortho nitro benzene ring substituents is 1. The van der Waals surface area contributed by atoms with Crippen LogP contribution in [0.3, 0.4) is 0 Å². The number of amides is 4. The molecule has 0 unspecified atom stereocenters. The highest BCUT2D eigenvalue weighted by Crippen LogP contribution is 2.30. The van der Waals surface area contributed by atoms with Crippen molar-refractivity contribution in [2.75, 3.05) is 18.1 Å². The molecule has 2 N–H and O–H groups in total. The molecular formula is C19H18N4O5S. The average Bonchev–Trinajstić information content (AvgIpc) is 2.92. The van der Waals surface area contributed by atoms with E-state index >= 15 is 0 Å². The van der Waals surface area contributed by atoms with Crippen LogP contribution in [0.4, 0.5) is 16.2 Å². The van der Waals surface area contributed by atoms with Crippen molar-refractivity contribution in [3.63, 3.8) is 0 Å². The highest BCUT2D eigenvalue weighted by Gasteiger charge is 2.49. The predicted molar refractivity (Wildman–Crippen MR) is 108 cm³/mol. The van der Waals surface area contributed by atoms with Gasteiger partial charge in [0.2, 0.25) is 5.91 Å². The quantitative estimate of drug-likeness (QED) is 0.324. The maximum absolute atomic E-state index is 12.9. The monoisotopic (exact) mass is 414 g/mol. The first-order chi connectivity index (χ1) is 13.7. The van der Waals surface area contributed by atoms with Gasteiger partial charge in [-0.2, -0.15) is 0 Å². The fraction of sp³-hybridized carbons (Fsp3) is 0.211. The maximum Gasteiger partial charge on any atom is 0.325 e. The molecule has 0 spiro atoms. The first kappa shape index (κ1) is 20.3. The Morgan fingerprint density at radius 2 is 1.93 bits per heavy atom. The molecular weight excluding hydrogens is 396 g/mol. The van der Waals surface area contributed by atoms with E-state index in [1.807, 2.05) is 12.3 Å². The predicted octanol–water partition coefficient (Wildman–Crippen LogP) is 2.72. The zero-order chi connectivity index (χ0) is 21.2. The van der Waals surface area contributed by atoms with E-state index in [1.165, 1.54) is 43.0 Å². The fourth-order valence-corrected chi connectivity index (χ4v) is 3.46. The van der Waals surface area contributed by atoms with E-state index in [2.05, 4.69) is 10.6 Å². The van der Waals surface area contributed by atoms with Gasteiger partial charge < -0.3 is 10.6 Å². The summed E-state index contributed by atoms with van der Waals surface area (Å²) in [4.78, 5) is 49.6. The molecule has 1 aliphatic rings. The third kappa shape index (κ3) is 4.06. The molecule has 1 heterocycles. The number of nitro benzene ring substituents is 1. The van der Waals surface area contributed by atoms with Crippen LogP contribution >= 0.6 is 11.8 Å². The zero-order valence-corrected chi connectivity index (χ0v) is 16.5. The van der Waals surface area contributed by atoms with Crippen molar-refractivity contribution >= 4 is 41.0 Å². The molecule has 10 heteroatoms. The molecule has 0 aromatic heterocycles. The summed E-state index contributed by atoms with van der Waals surface area (Å²) in [5, 5.41) is 16.0. The maximum atomic E-state index is 12.9. The summed E-state index contributed by atoms with van der Waals surface area (Å²) in [7, 11) is 0. The van der Waals surface area contributed by atoms with Gasteiger partial charge in [-0.05, 0) is 49.1 Å². The van der Waals surface area contributed by atoms with Gasteiger partial charge in [0.1, 0.15) is 12.1 Å². The van der Waals surface area contributed by atoms with E-state index < -0.39 is 34.9 Å². The number of nitrogens with one attached hydrogen (secondary N) is 2. The van der Waals surface area contributed by atoms with Gasteiger partial charge in [-0.1, -0.05) is 6.07 Å². The molecule has 3 rings (SSSR count). The number of urea groups is 1. The van der Waals surface area contributed by atoms with E-state index in [0.29, 0.717) is 11.3 Å². The highest BCUT2D eigenvalue weighted by molar-refractivity contribution is 7.98. The highest BCUT2D eigenvalue weighted by atomic mass is 32.2. The zero-order valence-electron chi connectivity index (χ0n) is 15.7. The Kier molecular flexibility index (Phi) is 5.55. The van der Waals surface area contributed by atoms with Crippen molar-refractivity contribution in [2.24, 2.45) is 0 Å². The molecule has 9 nitrogen and oxygen atoms in total. The molecule has 150 valence electrons. The van der Waals surface area contributed by atoms with Crippen molar-refractivity contribution in [3.05, 3.63) is 64.2 Å². The average molecular weight is 414 g/mol. The Bertz CT molecular complexity index is 994. The van der Waals surface area contributed by atoms with E-state index in [-0.39, 0.29) is 5.69 Å². The summed E-state index contributed by atoms with van der Waals surface area (Å²) >= 11 is 1.52. The van der Waals surface area contributed by atoms with Crippen molar-refractivity contribution in [1.82, 2.24) is 10.2 Å². The Balaban J connectivity index is 1.74. The van der Waals surface area contributed by atoms with Crippen LogP contribution in [0.1, 0.15) is 12.5 Å². The van der Waals surface area contributed by atoms with E-state index in [9.17, 15) is 24.5 Å². The van der Waals surface area contributed by atoms with Crippen molar-refractivity contribution < 1.29 is 19.3 Å². The number of nitro groups is 1. The number of nitrogens with zero attached hydrogens (tertiary/aromatic N) is 2. The van der Waals surface area contributed by atoms with Gasteiger partial charge in [-0.15, -0.1) is 11.8 Å². The number of carbonyl (C=O) groups excluding carboxylic acids is 3. The van der Waals surface area contributed by atoms with Crippen LogP contribution in [-0.4, -0.2) is 40.5 Å². The number of hydrogen-bond acceptors (Lipinski definition) is 6. The topological polar surface area (TPSA) is 122 Å². The summed E-state index contributed by atoms with van der Waals surface area (Å²) in [6.07, 6.45) is 1.91. The lowest BCUT2D eigenvalue weighted by molar-refractivity contribution is -0.384. The van der Waals surface area contributed by atoms with Crippen molar-refractivity contribution in [3.8, 4) is 0 Å². The van der Waals surface area contributed by atoms with Crippen LogP contribution in [0.5, 0.6) is 0 Å². The molecule has 4 amide bonds. The number of hydrogen-bond donors (Lipinski definition) is 2. The molecule has 0 bridgehead atoms. The minimum absolute atomic E-state index is 0.127. The third-order valence-corrected chi connectivity index (χ3v) is 5.31. The molecule has 1 atom stereocenters. The second kappa shape index (κ2) is 7.92. The SMILES string of the molecule is CSc1cccc(NC(=O)CN2C(=O)N[C@](C)(c3ccc([N+](=O)[O-])cc3)C2=O)c1. The van der Waals surface area contributed by atoms with E-state index in [4.69, 9.17) is 0 Å². The largest absolute Gasteiger partial charge is 0.325 e. The number of anilines is 1. The standard InChI is InChI=1S/C19H18N4O5S/c1-19(12-6-8-14(9-7-12)23(27)28)17(25)22(18(26)21-19)11-16(24)20-13-4-3-5-15(10-13)29-2/h3-10H,11H2,1-2H3,(H,20,24)(H,21,26)/t19-/m1/s1. The third-order valence-electron chi connectivity index (χ3n) is 4.59. The molecule has 29 heavy (non-hydrogen) atoms. The van der Waals surface area contributed by atoms with Gasteiger partial charge in [0, 0.05) is 22.7 Å². The number of benzene rings is 2. The van der Waals surface area contributed by atoms with Gasteiger partial charge in [0.25, 0.3) is 11.6 Å². The Labute approximate surface area is 170 Å². The lowest BCUT2D eigenvalue weighted by Gasteiger charge is -2.22. The first-order valence-corrected chi connectivity index (χ1v) is 9.80. The summed E-state index contributed by atoms with van der Waals surface area (Å²) in [5.74, 6) is -1.12. The molecule has 0 radical (unpaired) electrons. The van der Waals surface area contributed by atoms with Gasteiger partial charge in [0.15, 0.2) is 0 Å². The summed E-state index contributed by atoms with van der Waals surface area (Å²) in [6.45, 7) is 1.05. The second-order valence-electron chi connectivity index (χ2n) is 6.53. The van der Waals surface area contributed by atoms with Gasteiger partial charge in [-0.3, -0.25) is 24.6 Å². The number of imide groups is 1. The van der Waals surface area contributed by atoms with Crippen LogP contribution in [0.15, 0.2) is 53.4 Å². The molecule has 0 aliphatic carbocycles. The molecule has 2 aromatic carbocycles. The van der Waals surface area contributed by atoms with Crippen LogP contribution < -0.4 is 10.6 Å². The molecule has 0 saturated carbocycles. The van der Waals surface area contributed by atoms with E-state index in [1.54, 1.807) is 18.2 Å². The smallest absolute Gasteiger partial charge is 0.324 e. The van der Waals surface area contributed by atoms with E-state index in [0.717, 1.165) is 9.80 Å². The van der Waals surface area contributed by atoms with Crippen molar-refractivity contribution in [2.45, 2.75) is 17.4 Å². The number of carbonyl (C=O) groups is 3. The molecule has 2 aromatic rings. The van der Waals surface area contributed by atoms with Crippen LogP contribution in [-0.2, 0) is 15.1 Å². The lowest BCUT2D eigenvalue weighted by Crippen LogP contribution is -2.42. The van der Waals surface area contributed by atoms with Gasteiger partial charge >= 0.3 is 6.03 Å². The number of thioether (sulfide) groups is 1. The van der Waals surface area contributed by atoms with Crippen LogP contribution in [0.25, 0.3) is 0 Å². The number of rotatable bonds is 6. The Morgan fingerprint density at radius 1 is 1.24 bits per heavy atom. The minimum atomic E-state index is -1.41. The van der Waals surface area contributed by atoms with Crippen molar-refractivity contribution in [1.29, 1.82) is 0 Å². The fourth-order valence-electron chi connectivity index (χ4n) is 3.00. The van der Waals surface area contributed by atoms with Crippen LogP contribution in [0.2, 0.25) is 0 Å². The normalized spacial score (nSPS) is 18.5. The first-order valence-electron chi connectivity index (χ1n) is 8.57. The summed E-state index contributed by atoms with van der Waals surface area (Å²) < 4.78 is 0. The minimum Gasteiger partial charge on any atom is -0.324 e. The van der Waals surface area contributed by atoms with Gasteiger partial charge in [-0.25, -0.2) is 4.79 Å². The Hall–Kier alpha value is -3.40. The van der Waals surface area contributed by atoms with Crippen LogP contribution in [0, 0.1) is 10.1 Å². The molecule has 1 saturated heterocycles. The second-order valence-corrected chi connectivity index (χ2v) is 7.41. The lowest BCUT2D eigenvalue weighted by atomic mass is 9.92. The Morgan fingerprint density at radius 3 is 2.55 bits per heavy atom.